The van der Waals surface area contributed by atoms with E-state index in [4.69, 9.17) is 0 Å². The van der Waals surface area contributed by atoms with Gasteiger partial charge in [-0.05, 0) is 25.6 Å². The molecule has 1 aliphatic rings. The van der Waals surface area contributed by atoms with Crippen LogP contribution in [0.25, 0.3) is 0 Å². The van der Waals surface area contributed by atoms with E-state index in [2.05, 4.69) is 29.9 Å². The zero-order valence-electron chi connectivity index (χ0n) is 13.6. The van der Waals surface area contributed by atoms with Crippen LogP contribution in [0.2, 0.25) is 19.1 Å². The van der Waals surface area contributed by atoms with Crippen molar-refractivity contribution in [3.63, 3.8) is 0 Å². The van der Waals surface area contributed by atoms with E-state index in [-0.39, 0.29) is 0 Å². The fourth-order valence-electron chi connectivity index (χ4n) is 3.05. The number of rotatable bonds is 10. The molecule has 0 aromatic carbocycles. The Hall–Kier alpha value is 0.137. The molecule has 1 heterocycles. The molecule has 0 radical (unpaired) electrons. The van der Waals surface area contributed by atoms with Crippen LogP contribution in [-0.4, -0.2) is 32.6 Å². The highest BCUT2D eigenvalue weighted by Gasteiger charge is 2.29. The number of unbranched alkanes of at least 4 members (excludes halogenated alkanes) is 7. The van der Waals surface area contributed by atoms with Crippen molar-refractivity contribution >= 4 is 8.24 Å². The Balaban J connectivity index is 2.00. The van der Waals surface area contributed by atoms with Crippen LogP contribution in [0.15, 0.2) is 0 Å². The molecule has 0 aromatic heterocycles. The van der Waals surface area contributed by atoms with Crippen LogP contribution in [0.5, 0.6) is 0 Å². The third-order valence-electron chi connectivity index (χ3n) is 4.58. The van der Waals surface area contributed by atoms with E-state index in [1.807, 2.05) is 0 Å². The maximum absolute atomic E-state index is 3.53. The molecule has 0 atom stereocenters. The molecule has 114 valence electrons. The Morgan fingerprint density at radius 3 is 2.16 bits per heavy atom. The van der Waals surface area contributed by atoms with Gasteiger partial charge in [0.15, 0.2) is 0 Å². The molecule has 0 saturated carbocycles. The molecular formula is C16H36N2Si. The zero-order valence-corrected chi connectivity index (χ0v) is 14.6. The average molecular weight is 285 g/mol. The second kappa shape index (κ2) is 9.95. The topological polar surface area (TPSA) is 15.3 Å². The number of nitrogens with zero attached hydrogens (tertiary/aromatic N) is 1. The summed E-state index contributed by atoms with van der Waals surface area (Å²) in [6.07, 6.45) is 12.9. The summed E-state index contributed by atoms with van der Waals surface area (Å²) >= 11 is 0. The Kier molecular flexibility index (Phi) is 9.00. The van der Waals surface area contributed by atoms with Gasteiger partial charge >= 0.3 is 0 Å². The molecule has 0 unspecified atom stereocenters. The van der Waals surface area contributed by atoms with Crippen molar-refractivity contribution in [2.24, 2.45) is 0 Å². The lowest BCUT2D eigenvalue weighted by Gasteiger charge is -2.40. The summed E-state index contributed by atoms with van der Waals surface area (Å²) in [5.41, 5.74) is 0. The molecule has 0 aromatic rings. The second-order valence-corrected chi connectivity index (χ2v) is 11.6. The molecule has 1 saturated heterocycles. The van der Waals surface area contributed by atoms with Crippen molar-refractivity contribution in [3.8, 4) is 0 Å². The third-order valence-corrected chi connectivity index (χ3v) is 8.25. The van der Waals surface area contributed by atoms with Gasteiger partial charge < -0.3 is 9.88 Å². The van der Waals surface area contributed by atoms with Crippen molar-refractivity contribution in [3.05, 3.63) is 0 Å². The second-order valence-electron chi connectivity index (χ2n) is 6.81. The Morgan fingerprint density at radius 1 is 0.947 bits per heavy atom. The van der Waals surface area contributed by atoms with E-state index in [1.54, 1.807) is 0 Å². The van der Waals surface area contributed by atoms with Gasteiger partial charge in [-0.2, -0.15) is 0 Å². The molecule has 0 aliphatic carbocycles. The summed E-state index contributed by atoms with van der Waals surface area (Å²) in [7, 11) is -1.11. The summed E-state index contributed by atoms with van der Waals surface area (Å²) < 4.78 is 2.76. The molecule has 2 nitrogen and oxygen atoms in total. The lowest BCUT2D eigenvalue weighted by molar-refractivity contribution is 0.324. The number of nitrogens with one attached hydrogen (secondary N) is 1. The van der Waals surface area contributed by atoms with Gasteiger partial charge in [0.1, 0.15) is 8.24 Å². The van der Waals surface area contributed by atoms with Crippen LogP contribution in [0, 0.1) is 0 Å². The Bertz CT molecular complexity index is 213. The van der Waals surface area contributed by atoms with E-state index in [1.165, 1.54) is 76.9 Å². The summed E-state index contributed by atoms with van der Waals surface area (Å²) in [6, 6.07) is 1.49. The van der Waals surface area contributed by atoms with Gasteiger partial charge in [-0.25, -0.2) is 0 Å². The summed E-state index contributed by atoms with van der Waals surface area (Å²) in [6.45, 7) is 11.1. The summed E-state index contributed by atoms with van der Waals surface area (Å²) in [5.74, 6) is 0. The van der Waals surface area contributed by atoms with E-state index < -0.39 is 8.24 Å². The van der Waals surface area contributed by atoms with Crippen LogP contribution in [0.4, 0.5) is 0 Å². The van der Waals surface area contributed by atoms with Crippen molar-refractivity contribution in [1.82, 2.24) is 9.88 Å². The van der Waals surface area contributed by atoms with Gasteiger partial charge in [0.25, 0.3) is 0 Å². The first-order chi connectivity index (χ1) is 9.17. The van der Waals surface area contributed by atoms with Crippen LogP contribution in [-0.2, 0) is 0 Å². The highest BCUT2D eigenvalue weighted by atomic mass is 28.3. The van der Waals surface area contributed by atoms with Crippen LogP contribution in [0.1, 0.15) is 64.7 Å². The predicted molar refractivity (Wildman–Crippen MR) is 89.1 cm³/mol. The van der Waals surface area contributed by atoms with Crippen LogP contribution < -0.4 is 5.32 Å². The van der Waals surface area contributed by atoms with Gasteiger partial charge in [-0.15, -0.1) is 0 Å². The molecule has 1 aliphatic heterocycles. The Labute approximate surface area is 122 Å². The minimum atomic E-state index is -1.11. The standard InChI is InChI=1S/C16H36N2Si/c1-4-5-6-7-8-9-10-11-15-19(2,3)18-14-12-13-17-16-18/h17H,4-16H2,1-3H3. The van der Waals surface area contributed by atoms with E-state index >= 15 is 0 Å². The SMILES string of the molecule is CCCCCCCCCC[Si](C)(C)N1CCCNC1. The van der Waals surface area contributed by atoms with Gasteiger partial charge in [0.2, 0.25) is 0 Å². The van der Waals surface area contributed by atoms with Crippen LogP contribution in [0.3, 0.4) is 0 Å². The van der Waals surface area contributed by atoms with Gasteiger partial charge in [0.05, 0.1) is 0 Å². The molecule has 0 spiro atoms. The predicted octanol–water partition coefficient (Wildman–Crippen LogP) is 4.59. The van der Waals surface area contributed by atoms with Crippen molar-refractivity contribution < 1.29 is 0 Å². The smallest absolute Gasteiger partial charge is 0.123 e. The average Bonchev–Trinajstić information content (AvgIpc) is 2.43. The van der Waals surface area contributed by atoms with Crippen molar-refractivity contribution in [2.75, 3.05) is 19.8 Å². The minimum Gasteiger partial charge on any atom is -0.312 e. The van der Waals surface area contributed by atoms with Gasteiger partial charge in [-0.1, -0.05) is 71.4 Å². The molecule has 0 amide bonds. The molecule has 1 N–H and O–H groups in total. The lowest BCUT2D eigenvalue weighted by Crippen LogP contribution is -2.55. The number of hydrogen-bond donors (Lipinski definition) is 1. The largest absolute Gasteiger partial charge is 0.312 e. The Morgan fingerprint density at radius 2 is 1.58 bits per heavy atom. The fourth-order valence-corrected chi connectivity index (χ4v) is 5.79. The first-order valence-electron chi connectivity index (χ1n) is 8.62. The van der Waals surface area contributed by atoms with E-state index in [0.29, 0.717) is 0 Å². The minimum absolute atomic E-state index is 1.11. The highest BCUT2D eigenvalue weighted by molar-refractivity contribution is 6.74. The molecule has 0 bridgehead atoms. The quantitative estimate of drug-likeness (QED) is 0.466. The number of hydrogen-bond acceptors (Lipinski definition) is 2. The first kappa shape index (κ1) is 17.2. The maximum Gasteiger partial charge on any atom is 0.123 e. The molecular weight excluding hydrogens is 248 g/mol. The van der Waals surface area contributed by atoms with Crippen molar-refractivity contribution in [2.45, 2.75) is 83.8 Å². The lowest BCUT2D eigenvalue weighted by atomic mass is 10.1. The molecule has 3 heteroatoms. The normalized spacial score (nSPS) is 17.8. The van der Waals surface area contributed by atoms with Crippen molar-refractivity contribution in [1.29, 1.82) is 0 Å². The molecule has 1 fully saturated rings. The van der Waals surface area contributed by atoms with Gasteiger partial charge in [-0.3, -0.25) is 0 Å². The zero-order chi connectivity index (χ0) is 14.0. The maximum atomic E-state index is 3.53. The monoisotopic (exact) mass is 284 g/mol. The molecule has 1 rings (SSSR count). The fraction of sp³-hybridized carbons (Fsp3) is 1.00. The first-order valence-corrected chi connectivity index (χ1v) is 11.8. The van der Waals surface area contributed by atoms with Crippen LogP contribution >= 0.6 is 0 Å². The third kappa shape index (κ3) is 7.47. The van der Waals surface area contributed by atoms with E-state index in [9.17, 15) is 0 Å². The summed E-state index contributed by atoms with van der Waals surface area (Å²) in [5, 5.41) is 3.53. The molecule has 19 heavy (non-hydrogen) atoms. The van der Waals surface area contributed by atoms with E-state index in [0.717, 1.165) is 6.67 Å². The van der Waals surface area contributed by atoms with Gasteiger partial charge in [0, 0.05) is 6.67 Å². The highest BCUT2D eigenvalue weighted by Crippen LogP contribution is 2.21. The summed E-state index contributed by atoms with van der Waals surface area (Å²) in [4.78, 5) is 0.